The first-order chi connectivity index (χ1) is 14.6. The molecule has 0 saturated carbocycles. The molecule has 2 aromatic carbocycles. The molecule has 154 valence electrons. The van der Waals surface area contributed by atoms with Crippen molar-refractivity contribution in [1.29, 1.82) is 0 Å². The highest BCUT2D eigenvalue weighted by atomic mass is 16.6. The van der Waals surface area contributed by atoms with Gasteiger partial charge in [-0.15, -0.1) is 0 Å². The summed E-state index contributed by atoms with van der Waals surface area (Å²) in [4.78, 5) is 32.6. The number of carbonyl (C=O) groups excluding carboxylic acids is 2. The highest BCUT2D eigenvalue weighted by molar-refractivity contribution is 6.13. The maximum absolute atomic E-state index is 12.3. The summed E-state index contributed by atoms with van der Waals surface area (Å²) in [5.41, 5.74) is 3.89. The second-order valence-electron chi connectivity index (χ2n) is 7.30. The summed E-state index contributed by atoms with van der Waals surface area (Å²) in [5, 5.41) is 0. The van der Waals surface area contributed by atoms with Gasteiger partial charge in [-0.2, -0.15) is 0 Å². The first kappa shape index (κ1) is 19.9. The first-order valence-electron chi connectivity index (χ1n) is 10.4. The van der Waals surface area contributed by atoms with E-state index >= 15 is 0 Å². The second kappa shape index (κ2) is 8.53. The molecule has 2 heterocycles. The van der Waals surface area contributed by atoms with Gasteiger partial charge in [-0.05, 0) is 68.3 Å². The van der Waals surface area contributed by atoms with Crippen LogP contribution >= 0.6 is 0 Å². The normalized spacial score (nSPS) is 17.5. The van der Waals surface area contributed by atoms with Crippen molar-refractivity contribution in [2.24, 2.45) is 4.99 Å². The van der Waals surface area contributed by atoms with Gasteiger partial charge in [0.15, 0.2) is 5.70 Å². The molecule has 30 heavy (non-hydrogen) atoms. The Bertz CT molecular complexity index is 1000. The van der Waals surface area contributed by atoms with Crippen molar-refractivity contribution >= 4 is 35.2 Å². The highest BCUT2D eigenvalue weighted by Gasteiger charge is 2.25. The number of anilines is 2. The van der Waals surface area contributed by atoms with E-state index in [2.05, 4.69) is 23.7 Å². The van der Waals surface area contributed by atoms with Crippen LogP contribution in [0, 0.1) is 0 Å². The Hall–Kier alpha value is -3.41. The molecule has 0 unspecified atom stereocenters. The molecule has 0 aliphatic carbocycles. The fraction of sp³-hybridized carbons (Fsp3) is 0.292. The number of carbonyl (C=O) groups is 2. The molecule has 2 aliphatic rings. The molecule has 0 spiro atoms. The van der Waals surface area contributed by atoms with Gasteiger partial charge in [-0.25, -0.2) is 9.79 Å². The van der Waals surface area contributed by atoms with Gasteiger partial charge < -0.3 is 14.5 Å². The summed E-state index contributed by atoms with van der Waals surface area (Å²) in [6, 6.07) is 15.4. The van der Waals surface area contributed by atoms with Crippen molar-refractivity contribution in [1.82, 2.24) is 0 Å². The topological polar surface area (TPSA) is 62.2 Å². The third-order valence-corrected chi connectivity index (χ3v) is 5.44. The summed E-state index contributed by atoms with van der Waals surface area (Å²) in [5.74, 6) is -0.0356. The molecule has 1 amide bonds. The molecule has 1 saturated heterocycles. The summed E-state index contributed by atoms with van der Waals surface area (Å²) in [6.45, 7) is 6.89. The summed E-state index contributed by atoms with van der Waals surface area (Å²) >= 11 is 0. The van der Waals surface area contributed by atoms with E-state index in [4.69, 9.17) is 4.74 Å². The van der Waals surface area contributed by atoms with E-state index in [-0.39, 0.29) is 17.5 Å². The Kier molecular flexibility index (Phi) is 5.65. The van der Waals surface area contributed by atoms with Gasteiger partial charge in [0, 0.05) is 43.0 Å². The van der Waals surface area contributed by atoms with Crippen LogP contribution in [-0.2, 0) is 14.3 Å². The van der Waals surface area contributed by atoms with Gasteiger partial charge in [0.05, 0.1) is 0 Å². The molecule has 0 bridgehead atoms. The van der Waals surface area contributed by atoms with Crippen molar-refractivity contribution in [3.63, 3.8) is 0 Å². The summed E-state index contributed by atoms with van der Waals surface area (Å²) < 4.78 is 5.37. The number of nitrogens with zero attached hydrogens (tertiary/aromatic N) is 3. The number of hydrogen-bond donors (Lipinski definition) is 0. The smallest absolute Gasteiger partial charge is 0.363 e. The Morgan fingerprint density at radius 2 is 1.73 bits per heavy atom. The van der Waals surface area contributed by atoms with Crippen LogP contribution in [0.4, 0.5) is 11.4 Å². The molecule has 4 rings (SSSR count). The van der Waals surface area contributed by atoms with Crippen LogP contribution in [0.2, 0.25) is 0 Å². The van der Waals surface area contributed by atoms with E-state index in [9.17, 15) is 9.59 Å². The fourth-order valence-electron chi connectivity index (χ4n) is 3.77. The highest BCUT2D eigenvalue weighted by Crippen LogP contribution is 2.24. The average Bonchev–Trinajstić information content (AvgIpc) is 3.36. The zero-order chi connectivity index (χ0) is 21.1. The zero-order valence-corrected chi connectivity index (χ0v) is 17.3. The van der Waals surface area contributed by atoms with Crippen LogP contribution < -0.4 is 9.80 Å². The van der Waals surface area contributed by atoms with Crippen molar-refractivity contribution < 1.29 is 14.3 Å². The van der Waals surface area contributed by atoms with Crippen LogP contribution in [-0.4, -0.2) is 37.4 Å². The fourth-order valence-corrected chi connectivity index (χ4v) is 3.77. The van der Waals surface area contributed by atoms with Gasteiger partial charge in [-0.1, -0.05) is 12.1 Å². The minimum absolute atomic E-state index is 0.143. The van der Waals surface area contributed by atoms with Gasteiger partial charge in [0.2, 0.25) is 11.8 Å². The molecule has 0 N–H and O–H groups in total. The predicted octanol–water partition coefficient (Wildman–Crippen LogP) is 4.00. The van der Waals surface area contributed by atoms with Crippen LogP contribution in [0.5, 0.6) is 0 Å². The number of esters is 1. The van der Waals surface area contributed by atoms with E-state index in [1.807, 2.05) is 48.5 Å². The van der Waals surface area contributed by atoms with Crippen LogP contribution in [0.1, 0.15) is 37.8 Å². The minimum Gasteiger partial charge on any atom is -0.402 e. The van der Waals surface area contributed by atoms with Gasteiger partial charge in [0.1, 0.15) is 0 Å². The first-order valence-corrected chi connectivity index (χ1v) is 10.4. The van der Waals surface area contributed by atoms with Crippen molar-refractivity contribution in [3.8, 4) is 0 Å². The SMILES string of the molecule is CCN(CC)c1ccc(/C=C2\N=C(c3ccc(N4CCCC4=O)cc3)OC2=O)cc1. The molecule has 1 fully saturated rings. The van der Waals surface area contributed by atoms with Gasteiger partial charge in [-0.3, -0.25) is 4.79 Å². The number of cyclic esters (lactones) is 1. The minimum atomic E-state index is -0.461. The second-order valence-corrected chi connectivity index (χ2v) is 7.30. The maximum Gasteiger partial charge on any atom is 0.363 e. The van der Waals surface area contributed by atoms with E-state index < -0.39 is 5.97 Å². The number of rotatable bonds is 6. The number of aliphatic imine (C=N–C) groups is 1. The van der Waals surface area contributed by atoms with Crippen molar-refractivity contribution in [2.45, 2.75) is 26.7 Å². The van der Waals surface area contributed by atoms with Gasteiger partial charge in [0.25, 0.3) is 0 Å². The Labute approximate surface area is 176 Å². The number of benzene rings is 2. The predicted molar refractivity (Wildman–Crippen MR) is 119 cm³/mol. The molecule has 0 aromatic heterocycles. The molecule has 6 heteroatoms. The molecule has 6 nitrogen and oxygen atoms in total. The lowest BCUT2D eigenvalue weighted by molar-refractivity contribution is -0.130. The third-order valence-electron chi connectivity index (χ3n) is 5.44. The molecule has 0 radical (unpaired) electrons. The van der Waals surface area contributed by atoms with Crippen molar-refractivity contribution in [2.75, 3.05) is 29.4 Å². The zero-order valence-electron chi connectivity index (χ0n) is 17.3. The van der Waals surface area contributed by atoms with Gasteiger partial charge >= 0.3 is 5.97 Å². The largest absolute Gasteiger partial charge is 0.402 e. The summed E-state index contributed by atoms with van der Waals surface area (Å²) in [7, 11) is 0. The van der Waals surface area contributed by atoms with Crippen LogP contribution in [0.15, 0.2) is 59.2 Å². The van der Waals surface area contributed by atoms with Crippen molar-refractivity contribution in [3.05, 3.63) is 65.4 Å². The summed E-state index contributed by atoms with van der Waals surface area (Å²) in [6.07, 6.45) is 3.21. The van der Waals surface area contributed by atoms with Crippen LogP contribution in [0.25, 0.3) is 6.08 Å². The Morgan fingerprint density at radius 3 is 2.33 bits per heavy atom. The van der Waals surface area contributed by atoms with Crippen LogP contribution in [0.3, 0.4) is 0 Å². The Morgan fingerprint density at radius 1 is 1.03 bits per heavy atom. The van der Waals surface area contributed by atoms with E-state index in [0.29, 0.717) is 12.0 Å². The molecular weight excluding hydrogens is 378 g/mol. The van der Waals surface area contributed by atoms with E-state index in [0.717, 1.165) is 43.0 Å². The lowest BCUT2D eigenvalue weighted by atomic mass is 10.1. The number of hydrogen-bond acceptors (Lipinski definition) is 5. The number of ether oxygens (including phenoxy) is 1. The quantitative estimate of drug-likeness (QED) is 0.540. The monoisotopic (exact) mass is 403 g/mol. The lowest BCUT2D eigenvalue weighted by Crippen LogP contribution is -2.23. The maximum atomic E-state index is 12.3. The molecule has 2 aromatic rings. The standard InChI is InChI=1S/C24H25N3O3/c1-3-26(4-2)19-11-7-17(8-12-19)16-21-24(29)30-23(25-21)18-9-13-20(14-10-18)27-15-5-6-22(27)28/h7-14,16H,3-6,15H2,1-2H3/b21-16-. The lowest BCUT2D eigenvalue weighted by Gasteiger charge is -2.20. The number of amides is 1. The molecular formula is C24H25N3O3. The molecule has 2 aliphatic heterocycles. The van der Waals surface area contributed by atoms with E-state index in [1.165, 1.54) is 0 Å². The Balaban J connectivity index is 1.52. The third kappa shape index (κ3) is 3.99. The molecule has 0 atom stereocenters. The average molecular weight is 403 g/mol. The van der Waals surface area contributed by atoms with E-state index in [1.54, 1.807) is 11.0 Å².